The largest absolute Gasteiger partial charge is 0.474 e. The van der Waals surface area contributed by atoms with Crippen molar-refractivity contribution in [2.75, 3.05) is 13.1 Å². The van der Waals surface area contributed by atoms with Crippen molar-refractivity contribution in [2.24, 2.45) is 5.92 Å². The normalized spacial score (nSPS) is 19.9. The molecule has 29 heavy (non-hydrogen) atoms. The second kappa shape index (κ2) is 9.39. The first kappa shape index (κ1) is 19.9. The standard InChI is InChI=1S/C22H27N3O3S/c26-20(17-7-4-12-25(15-17)22(27)19-10-5-13-29-19)24-14-16-6-3-11-23-21(16)28-18-8-1-2-9-18/h3,5-6,10-11,13,17-18H,1-2,4,7-9,12,14-15H2,(H,24,26)/t17-/m1/s1. The van der Waals surface area contributed by atoms with Crippen molar-refractivity contribution in [3.8, 4) is 5.88 Å². The Bertz CT molecular complexity index is 834. The Labute approximate surface area is 175 Å². The molecule has 2 aliphatic rings. The van der Waals surface area contributed by atoms with Gasteiger partial charge < -0.3 is 15.0 Å². The molecule has 0 radical (unpaired) electrons. The van der Waals surface area contributed by atoms with Crippen molar-refractivity contribution >= 4 is 23.2 Å². The molecule has 0 spiro atoms. The van der Waals surface area contributed by atoms with Crippen LogP contribution in [0.4, 0.5) is 0 Å². The second-order valence-corrected chi connectivity index (χ2v) is 8.73. The van der Waals surface area contributed by atoms with E-state index in [1.807, 2.05) is 29.6 Å². The Balaban J connectivity index is 1.33. The predicted octanol–water partition coefficient (Wildman–Crippen LogP) is 3.63. The average Bonchev–Trinajstić information content (AvgIpc) is 3.47. The van der Waals surface area contributed by atoms with E-state index in [1.165, 1.54) is 24.2 Å². The Hall–Kier alpha value is -2.41. The van der Waals surface area contributed by atoms with E-state index in [2.05, 4.69) is 10.3 Å². The van der Waals surface area contributed by atoms with Gasteiger partial charge in [-0.2, -0.15) is 0 Å². The highest BCUT2D eigenvalue weighted by Gasteiger charge is 2.29. The molecule has 1 N–H and O–H groups in total. The molecular formula is C22H27N3O3S. The lowest BCUT2D eigenvalue weighted by molar-refractivity contribution is -0.126. The molecule has 7 heteroatoms. The highest BCUT2D eigenvalue weighted by atomic mass is 32.1. The Morgan fingerprint density at radius 2 is 2.03 bits per heavy atom. The van der Waals surface area contributed by atoms with E-state index in [0.29, 0.717) is 25.5 Å². The Morgan fingerprint density at radius 1 is 1.17 bits per heavy atom. The number of amides is 2. The predicted molar refractivity (Wildman–Crippen MR) is 112 cm³/mol. The minimum atomic E-state index is -0.177. The van der Waals surface area contributed by atoms with E-state index in [1.54, 1.807) is 11.1 Å². The van der Waals surface area contributed by atoms with Gasteiger partial charge in [-0.05, 0) is 56.0 Å². The summed E-state index contributed by atoms with van der Waals surface area (Å²) in [7, 11) is 0. The highest BCUT2D eigenvalue weighted by Crippen LogP contribution is 2.25. The molecular weight excluding hydrogens is 386 g/mol. The fraction of sp³-hybridized carbons (Fsp3) is 0.500. The molecule has 4 rings (SSSR count). The van der Waals surface area contributed by atoms with E-state index in [9.17, 15) is 9.59 Å². The van der Waals surface area contributed by atoms with Crippen LogP contribution in [0.25, 0.3) is 0 Å². The third kappa shape index (κ3) is 4.96. The van der Waals surface area contributed by atoms with Gasteiger partial charge in [0, 0.05) is 31.4 Å². The Kier molecular flexibility index (Phi) is 6.44. The molecule has 6 nitrogen and oxygen atoms in total. The lowest BCUT2D eigenvalue weighted by Gasteiger charge is -2.31. The van der Waals surface area contributed by atoms with E-state index >= 15 is 0 Å². The molecule has 0 bridgehead atoms. The number of thiophene rings is 1. The van der Waals surface area contributed by atoms with Crippen molar-refractivity contribution < 1.29 is 14.3 Å². The maximum absolute atomic E-state index is 12.8. The number of pyridine rings is 1. The summed E-state index contributed by atoms with van der Waals surface area (Å²) in [4.78, 5) is 32.3. The number of aromatic nitrogens is 1. The zero-order valence-electron chi connectivity index (χ0n) is 16.5. The van der Waals surface area contributed by atoms with Crippen LogP contribution in [0.5, 0.6) is 5.88 Å². The summed E-state index contributed by atoms with van der Waals surface area (Å²) in [5.74, 6) is 0.461. The minimum Gasteiger partial charge on any atom is -0.474 e. The third-order valence-electron chi connectivity index (χ3n) is 5.69. The first-order valence-electron chi connectivity index (χ1n) is 10.4. The van der Waals surface area contributed by atoms with E-state index in [4.69, 9.17) is 4.74 Å². The van der Waals surface area contributed by atoms with Crippen molar-refractivity contribution in [2.45, 2.75) is 51.2 Å². The first-order valence-corrected chi connectivity index (χ1v) is 11.3. The van der Waals surface area contributed by atoms with Gasteiger partial charge in [0.05, 0.1) is 10.8 Å². The van der Waals surface area contributed by atoms with E-state index < -0.39 is 0 Å². The number of nitrogens with one attached hydrogen (secondary N) is 1. The second-order valence-electron chi connectivity index (χ2n) is 7.78. The van der Waals surface area contributed by atoms with Gasteiger partial charge in [-0.3, -0.25) is 9.59 Å². The molecule has 1 aliphatic heterocycles. The number of hydrogen-bond acceptors (Lipinski definition) is 5. The Morgan fingerprint density at radius 3 is 2.83 bits per heavy atom. The zero-order valence-corrected chi connectivity index (χ0v) is 17.3. The molecule has 0 unspecified atom stereocenters. The number of carbonyl (C=O) groups is 2. The van der Waals surface area contributed by atoms with Crippen LogP contribution in [0.2, 0.25) is 0 Å². The van der Waals surface area contributed by atoms with Gasteiger partial charge in [-0.25, -0.2) is 4.98 Å². The van der Waals surface area contributed by atoms with Crippen molar-refractivity contribution in [3.05, 3.63) is 46.3 Å². The van der Waals surface area contributed by atoms with E-state index in [-0.39, 0.29) is 23.8 Å². The molecule has 154 valence electrons. The molecule has 2 aromatic heterocycles. The number of piperidine rings is 1. The van der Waals surface area contributed by atoms with Crippen LogP contribution in [-0.2, 0) is 11.3 Å². The van der Waals surface area contributed by atoms with Crippen LogP contribution in [0.3, 0.4) is 0 Å². The third-order valence-corrected chi connectivity index (χ3v) is 6.55. The van der Waals surface area contributed by atoms with Crippen molar-refractivity contribution in [1.29, 1.82) is 0 Å². The lowest BCUT2D eigenvalue weighted by Crippen LogP contribution is -2.45. The van der Waals surface area contributed by atoms with Gasteiger partial charge in [0.15, 0.2) is 0 Å². The van der Waals surface area contributed by atoms with Gasteiger partial charge in [0.1, 0.15) is 6.10 Å². The van der Waals surface area contributed by atoms with Crippen LogP contribution in [0, 0.1) is 5.92 Å². The molecule has 1 saturated carbocycles. The molecule has 1 atom stereocenters. The summed E-state index contributed by atoms with van der Waals surface area (Å²) >= 11 is 1.44. The maximum Gasteiger partial charge on any atom is 0.263 e. The molecule has 3 heterocycles. The van der Waals surface area contributed by atoms with Crippen molar-refractivity contribution in [1.82, 2.24) is 15.2 Å². The number of hydrogen-bond donors (Lipinski definition) is 1. The number of rotatable bonds is 6. The number of ether oxygens (including phenoxy) is 1. The summed E-state index contributed by atoms with van der Waals surface area (Å²) < 4.78 is 6.06. The quantitative estimate of drug-likeness (QED) is 0.785. The molecule has 1 saturated heterocycles. The molecule has 2 aromatic rings. The summed E-state index contributed by atoms with van der Waals surface area (Å²) in [6.07, 6.45) is 8.14. The minimum absolute atomic E-state index is 0.00986. The summed E-state index contributed by atoms with van der Waals surface area (Å²) in [6.45, 7) is 1.58. The topological polar surface area (TPSA) is 71.5 Å². The molecule has 2 amide bonds. The molecule has 0 aromatic carbocycles. The van der Waals surface area contributed by atoms with Gasteiger partial charge in [0.2, 0.25) is 11.8 Å². The van der Waals surface area contributed by atoms with Crippen LogP contribution in [0.15, 0.2) is 35.8 Å². The van der Waals surface area contributed by atoms with Crippen LogP contribution in [-0.4, -0.2) is 40.9 Å². The summed E-state index contributed by atoms with van der Waals surface area (Å²) in [5.41, 5.74) is 0.898. The number of likely N-dealkylation sites (tertiary alicyclic amines) is 1. The SMILES string of the molecule is O=C(NCc1cccnc1OC1CCCC1)[C@@H]1CCCN(C(=O)c2cccs2)C1. The maximum atomic E-state index is 12.8. The van der Waals surface area contributed by atoms with Gasteiger partial charge in [-0.1, -0.05) is 12.1 Å². The fourth-order valence-corrected chi connectivity index (χ4v) is 4.78. The zero-order chi connectivity index (χ0) is 20.1. The van der Waals surface area contributed by atoms with Crippen LogP contribution >= 0.6 is 11.3 Å². The molecule has 1 aliphatic carbocycles. The van der Waals surface area contributed by atoms with Crippen molar-refractivity contribution in [3.63, 3.8) is 0 Å². The van der Waals surface area contributed by atoms with Gasteiger partial charge >= 0.3 is 0 Å². The highest BCUT2D eigenvalue weighted by molar-refractivity contribution is 7.12. The van der Waals surface area contributed by atoms with Crippen LogP contribution in [0.1, 0.15) is 53.8 Å². The number of nitrogens with zero attached hydrogens (tertiary/aromatic N) is 2. The molecule has 2 fully saturated rings. The van der Waals surface area contributed by atoms with E-state index in [0.717, 1.165) is 36.1 Å². The van der Waals surface area contributed by atoms with Gasteiger partial charge in [-0.15, -0.1) is 11.3 Å². The lowest BCUT2D eigenvalue weighted by atomic mass is 9.97. The summed E-state index contributed by atoms with van der Waals surface area (Å²) in [5, 5.41) is 4.94. The summed E-state index contributed by atoms with van der Waals surface area (Å²) in [6, 6.07) is 7.53. The van der Waals surface area contributed by atoms with Crippen LogP contribution < -0.4 is 10.1 Å². The monoisotopic (exact) mass is 413 g/mol. The van der Waals surface area contributed by atoms with Gasteiger partial charge in [0.25, 0.3) is 5.91 Å². The smallest absolute Gasteiger partial charge is 0.263 e. The average molecular weight is 414 g/mol. The number of carbonyl (C=O) groups excluding carboxylic acids is 2. The fourth-order valence-electron chi connectivity index (χ4n) is 4.09. The first-order chi connectivity index (χ1) is 14.2.